The molecule has 0 fully saturated rings. The summed E-state index contributed by atoms with van der Waals surface area (Å²) in [5, 5.41) is 0. The van der Waals surface area contributed by atoms with E-state index in [-0.39, 0.29) is 11.0 Å². The Kier molecular flexibility index (Phi) is 90.9. The van der Waals surface area contributed by atoms with Crippen molar-refractivity contribution in [2.24, 2.45) is 0 Å². The fourth-order valence-corrected chi connectivity index (χ4v) is 0.354. The van der Waals surface area contributed by atoms with E-state index in [4.69, 9.17) is 30.3 Å². The number of rotatable bonds is 4. The Labute approximate surface area is 110 Å². The van der Waals surface area contributed by atoms with Gasteiger partial charge in [0, 0.05) is 0 Å². The number of hydrogen-bond acceptors (Lipinski definition) is 0. The average molecular weight is 446 g/mol. The second-order valence-corrected chi connectivity index (χ2v) is 5.54. The van der Waals surface area contributed by atoms with Crippen LogP contribution in [-0.2, 0) is 16.5 Å². The van der Waals surface area contributed by atoms with Crippen molar-refractivity contribution in [1.29, 1.82) is 0 Å². The van der Waals surface area contributed by atoms with Crippen LogP contribution >= 0.6 is 18.8 Å². The van der Waals surface area contributed by atoms with E-state index in [1.54, 1.807) is 0 Å². The fourth-order valence-electron chi connectivity index (χ4n) is 0.354. The van der Waals surface area contributed by atoms with E-state index in [0.29, 0.717) is 13.1 Å². The molecule has 0 unspecified atom stereocenters. The number of halogens is 2. The van der Waals surface area contributed by atoms with Crippen LogP contribution in [0.25, 0.3) is 11.5 Å². The molecule has 7 heteroatoms. The van der Waals surface area contributed by atoms with Crippen LogP contribution in [0.4, 0.5) is 0 Å². The molecule has 4 nitrogen and oxygen atoms in total. The third kappa shape index (κ3) is 99.5. The van der Waals surface area contributed by atoms with Crippen molar-refractivity contribution in [3.05, 3.63) is 11.5 Å². The van der Waals surface area contributed by atoms with E-state index in [2.05, 4.69) is 13.8 Å². The summed E-state index contributed by atoms with van der Waals surface area (Å²) in [6.07, 6.45) is 4.42. The Morgan fingerprint density at radius 1 is 0.867 bits per heavy atom. The van der Waals surface area contributed by atoms with Gasteiger partial charge in [-0.1, -0.05) is 39.5 Å². The minimum absolute atomic E-state index is 0. The molecule has 0 aromatic carbocycles. The van der Waals surface area contributed by atoms with E-state index in [0.717, 1.165) is 25.7 Å². The van der Waals surface area contributed by atoms with Gasteiger partial charge in [-0.25, -0.2) is 0 Å². The summed E-state index contributed by atoms with van der Waals surface area (Å²) in [6, 6.07) is 0. The van der Waals surface area contributed by atoms with Gasteiger partial charge in [0.15, 0.2) is 0 Å². The van der Waals surface area contributed by atoms with Crippen molar-refractivity contribution in [3.8, 4) is 0 Å². The predicted octanol–water partition coefficient (Wildman–Crippen LogP) is 3.40. The monoisotopic (exact) mass is 445 g/mol. The van der Waals surface area contributed by atoms with Crippen LogP contribution in [0.3, 0.4) is 0 Å². The molecular weight excluding hydrogens is 422 g/mol. The summed E-state index contributed by atoms with van der Waals surface area (Å²) in [6.45, 7) is 5.37. The van der Waals surface area contributed by atoms with Gasteiger partial charge >= 0.3 is 35.3 Å². The zero-order valence-electron chi connectivity index (χ0n) is 9.31. The first-order valence-electron chi connectivity index (χ1n) is 4.36. The van der Waals surface area contributed by atoms with Crippen molar-refractivity contribution >= 4 is 18.8 Å². The van der Waals surface area contributed by atoms with Crippen molar-refractivity contribution < 1.29 is 27.4 Å². The Hall–Kier alpha value is 1.11. The van der Waals surface area contributed by atoms with E-state index < -0.39 is 16.5 Å². The molecule has 0 saturated carbocycles. The molecule has 0 heterocycles. The van der Waals surface area contributed by atoms with Crippen LogP contribution in [0.2, 0.25) is 0 Å². The van der Waals surface area contributed by atoms with Gasteiger partial charge < -0.3 is 22.4 Å². The van der Waals surface area contributed by atoms with Crippen LogP contribution in [-0.4, -0.2) is 24.0 Å². The molecule has 0 aliphatic carbocycles. The quantitative estimate of drug-likeness (QED) is 0.631. The second kappa shape index (κ2) is 45.7. The zero-order valence-corrected chi connectivity index (χ0v) is 13.1. The predicted molar refractivity (Wildman–Crippen MR) is 67.1 cm³/mol. The third-order valence-electron chi connectivity index (χ3n) is 1.06. The van der Waals surface area contributed by atoms with Gasteiger partial charge in [-0.3, -0.25) is 0 Å². The van der Waals surface area contributed by atoms with Crippen LogP contribution < -0.4 is 0 Å². The van der Waals surface area contributed by atoms with E-state index in [1.807, 2.05) is 0 Å². The van der Waals surface area contributed by atoms with Crippen molar-refractivity contribution in [2.45, 2.75) is 39.5 Å². The number of unbranched alkanes of at least 4 members (excludes halogenated alkanes) is 2. The van der Waals surface area contributed by atoms with Crippen molar-refractivity contribution in [2.75, 3.05) is 13.1 Å². The molecule has 0 spiro atoms. The molecule has 0 atom stereocenters. The summed E-state index contributed by atoms with van der Waals surface area (Å²) < 4.78 is 0. The van der Waals surface area contributed by atoms with Gasteiger partial charge in [-0.15, -0.1) is 0 Å². The van der Waals surface area contributed by atoms with E-state index in [9.17, 15) is 0 Å². The molecule has 15 heavy (non-hydrogen) atoms. The molecular formula is C8H24Cl2N2O2Pt-2. The summed E-state index contributed by atoms with van der Waals surface area (Å²) in [4.78, 5) is 0. The van der Waals surface area contributed by atoms with Gasteiger partial charge in [-0.2, -0.15) is 13.1 Å². The molecule has 0 aromatic heterocycles. The molecule has 0 aromatic rings. The minimum atomic E-state index is -0.472. The van der Waals surface area contributed by atoms with Crippen molar-refractivity contribution in [1.82, 2.24) is 0 Å². The number of nitrogens with one attached hydrogen (secondary N) is 2. The average Bonchev–Trinajstić information content (AvgIpc) is 2.09. The molecule has 0 aliphatic heterocycles. The van der Waals surface area contributed by atoms with Gasteiger partial charge in [0.25, 0.3) is 0 Å². The normalized spacial score (nSPS) is 7.07. The Balaban J connectivity index is -0.0000000322. The molecule has 6 N–H and O–H groups in total. The van der Waals surface area contributed by atoms with Crippen LogP contribution in [0, 0.1) is 0 Å². The molecule has 0 radical (unpaired) electrons. The fraction of sp³-hybridized carbons (Fsp3) is 1.00. The first-order chi connectivity index (χ1) is 6.24. The van der Waals surface area contributed by atoms with Gasteiger partial charge in [0.2, 0.25) is 0 Å². The third-order valence-corrected chi connectivity index (χ3v) is 1.06. The Morgan fingerprint density at radius 3 is 1.07 bits per heavy atom. The summed E-state index contributed by atoms with van der Waals surface area (Å²) in [7, 11) is 9.75. The van der Waals surface area contributed by atoms with Crippen LogP contribution in [0.15, 0.2) is 0 Å². The van der Waals surface area contributed by atoms with Gasteiger partial charge in [-0.05, 0) is 0 Å². The second-order valence-electron chi connectivity index (χ2n) is 2.25. The molecule has 0 rings (SSSR count). The molecule has 0 aliphatic rings. The summed E-state index contributed by atoms with van der Waals surface area (Å²) in [5.74, 6) is 0. The molecule has 0 amide bonds. The molecule has 104 valence electrons. The van der Waals surface area contributed by atoms with Gasteiger partial charge in [0.1, 0.15) is 0 Å². The standard InChI is InChI=1S/2C4H10N.2ClH.2H2O.Pt/c2*1-2-3-4-5;;;;;/h2*5H,2-4H2,1H3;2*1H;2*1H2;/q2*-1;;;;;+2/p-2. The molecule has 0 saturated heterocycles. The Bertz CT molecular complexity index is 57.9. The summed E-state index contributed by atoms with van der Waals surface area (Å²) in [5.41, 5.74) is 13.2. The first-order valence-corrected chi connectivity index (χ1v) is 9.99. The van der Waals surface area contributed by atoms with Crippen LogP contribution in [0.1, 0.15) is 39.5 Å². The zero-order chi connectivity index (χ0) is 10.9. The topological polar surface area (TPSA) is 111 Å². The molecule has 0 bridgehead atoms. The maximum absolute atomic E-state index is 6.60. The number of hydrogen-bond donors (Lipinski definition) is 0. The van der Waals surface area contributed by atoms with E-state index in [1.165, 1.54) is 0 Å². The van der Waals surface area contributed by atoms with Crippen molar-refractivity contribution in [3.63, 3.8) is 0 Å². The Morgan fingerprint density at radius 2 is 1.07 bits per heavy atom. The SMILES string of the molecule is CCCC[NH-].CCCC[NH-].O.O.[Cl][Pt][Cl]. The summed E-state index contributed by atoms with van der Waals surface area (Å²) >= 11 is -0.472. The van der Waals surface area contributed by atoms with E-state index >= 15 is 0 Å². The first kappa shape index (κ1) is 29.8. The van der Waals surface area contributed by atoms with Crippen LogP contribution in [0.5, 0.6) is 0 Å². The maximum atomic E-state index is 6.60. The van der Waals surface area contributed by atoms with Gasteiger partial charge in [0.05, 0.1) is 0 Å².